The number of rotatable bonds is 6. The van der Waals surface area contributed by atoms with Gasteiger partial charge in [-0.3, -0.25) is 4.79 Å². The first-order valence-corrected chi connectivity index (χ1v) is 12.8. The van der Waals surface area contributed by atoms with Gasteiger partial charge in [-0.1, -0.05) is 40.2 Å². The van der Waals surface area contributed by atoms with Gasteiger partial charge in [0.25, 0.3) is 0 Å². The molecule has 2 aromatic rings. The molecule has 0 aliphatic carbocycles. The minimum atomic E-state index is -3.39. The summed E-state index contributed by atoms with van der Waals surface area (Å²) in [7, 11) is -3.39. The molecule has 7 heteroatoms. The van der Waals surface area contributed by atoms with E-state index in [1.54, 1.807) is 16.4 Å². The fourth-order valence-corrected chi connectivity index (χ4v) is 6.36. The average molecular weight is 491 g/mol. The third-order valence-corrected chi connectivity index (χ3v) is 8.47. The van der Waals surface area contributed by atoms with E-state index in [0.29, 0.717) is 30.8 Å². The van der Waals surface area contributed by atoms with Crippen LogP contribution >= 0.6 is 15.9 Å². The maximum absolute atomic E-state index is 12.9. The van der Waals surface area contributed by atoms with Crippen LogP contribution in [-0.4, -0.2) is 43.2 Å². The summed E-state index contributed by atoms with van der Waals surface area (Å²) in [5.74, 6) is 0.159. The molecule has 0 spiro atoms. The van der Waals surface area contributed by atoms with Gasteiger partial charge in [-0.2, -0.15) is 4.31 Å². The lowest BCUT2D eigenvalue weighted by Gasteiger charge is -2.25. The number of hydrogen-bond donors (Lipinski definition) is 0. The molecule has 2 aromatic carbocycles. The zero-order valence-corrected chi connectivity index (χ0v) is 19.4. The number of hydrogen-bond acceptors (Lipinski definition) is 3. The smallest absolute Gasteiger partial charge is 0.243 e. The molecule has 1 unspecified atom stereocenters. The Morgan fingerprint density at radius 1 is 1.00 bits per heavy atom. The van der Waals surface area contributed by atoms with E-state index in [-0.39, 0.29) is 11.9 Å². The van der Waals surface area contributed by atoms with Crippen molar-refractivity contribution < 1.29 is 13.2 Å². The molecule has 5 nitrogen and oxygen atoms in total. The quantitative estimate of drug-likeness (QED) is 0.597. The Morgan fingerprint density at radius 2 is 1.73 bits per heavy atom. The van der Waals surface area contributed by atoms with Crippen molar-refractivity contribution in [2.75, 3.05) is 19.6 Å². The maximum Gasteiger partial charge on any atom is 0.243 e. The summed E-state index contributed by atoms with van der Waals surface area (Å²) in [4.78, 5) is 15.2. The Kier molecular flexibility index (Phi) is 6.60. The molecule has 30 heavy (non-hydrogen) atoms. The van der Waals surface area contributed by atoms with Crippen LogP contribution < -0.4 is 0 Å². The lowest BCUT2D eigenvalue weighted by atomic mass is 10.0. The zero-order valence-electron chi connectivity index (χ0n) is 17.0. The van der Waals surface area contributed by atoms with E-state index in [2.05, 4.69) is 28.1 Å². The third-order valence-electron chi connectivity index (χ3n) is 6.06. The van der Waals surface area contributed by atoms with Crippen LogP contribution in [0.1, 0.15) is 49.3 Å². The van der Waals surface area contributed by atoms with Crippen molar-refractivity contribution in [3.63, 3.8) is 0 Å². The summed E-state index contributed by atoms with van der Waals surface area (Å²) in [5.41, 5.74) is 2.16. The van der Waals surface area contributed by atoms with E-state index in [0.717, 1.165) is 42.3 Å². The van der Waals surface area contributed by atoms with Crippen LogP contribution in [0, 0.1) is 0 Å². The Hall–Kier alpha value is -1.70. The second-order valence-corrected chi connectivity index (χ2v) is 10.9. The van der Waals surface area contributed by atoms with Gasteiger partial charge in [0.05, 0.1) is 10.9 Å². The normalized spacial score (nSPS) is 20.0. The Bertz CT molecular complexity index is 1000. The number of sulfonamides is 1. The Balaban J connectivity index is 1.38. The molecule has 0 bridgehead atoms. The molecule has 2 aliphatic rings. The van der Waals surface area contributed by atoms with Gasteiger partial charge in [-0.15, -0.1) is 0 Å². The van der Waals surface area contributed by atoms with E-state index < -0.39 is 10.0 Å². The zero-order chi connectivity index (χ0) is 21.1. The topological polar surface area (TPSA) is 57.7 Å². The van der Waals surface area contributed by atoms with Crippen molar-refractivity contribution in [1.82, 2.24) is 9.21 Å². The van der Waals surface area contributed by atoms with E-state index in [9.17, 15) is 13.2 Å². The first-order valence-electron chi connectivity index (χ1n) is 10.6. The van der Waals surface area contributed by atoms with E-state index in [4.69, 9.17) is 0 Å². The summed E-state index contributed by atoms with van der Waals surface area (Å²) in [6.45, 7) is 2.00. The predicted molar refractivity (Wildman–Crippen MR) is 121 cm³/mol. The predicted octanol–water partition coefficient (Wildman–Crippen LogP) is 4.53. The van der Waals surface area contributed by atoms with Gasteiger partial charge in [0, 0.05) is 30.5 Å². The van der Waals surface area contributed by atoms with Gasteiger partial charge < -0.3 is 4.90 Å². The van der Waals surface area contributed by atoms with Crippen LogP contribution in [0.5, 0.6) is 0 Å². The SMILES string of the molecule is O=C(CCc1ccc(S(=O)(=O)N2CCCC2)cc1)N1CCCC1c1cccc(Br)c1. The molecular formula is C23H27BrN2O3S. The molecule has 2 aliphatic heterocycles. The molecule has 2 heterocycles. The minimum Gasteiger partial charge on any atom is -0.336 e. The van der Waals surface area contributed by atoms with Gasteiger partial charge in [0.2, 0.25) is 15.9 Å². The molecule has 1 amide bonds. The van der Waals surface area contributed by atoms with Crippen molar-refractivity contribution >= 4 is 31.9 Å². The minimum absolute atomic E-state index is 0.142. The molecule has 0 aromatic heterocycles. The molecular weight excluding hydrogens is 464 g/mol. The Morgan fingerprint density at radius 3 is 2.43 bits per heavy atom. The van der Waals surface area contributed by atoms with Crippen LogP contribution in [0.15, 0.2) is 57.9 Å². The summed E-state index contributed by atoms with van der Waals surface area (Å²) in [6, 6.07) is 15.4. The average Bonchev–Trinajstić information content (AvgIpc) is 3.45. The largest absolute Gasteiger partial charge is 0.336 e. The summed E-state index contributed by atoms with van der Waals surface area (Å²) >= 11 is 3.52. The van der Waals surface area contributed by atoms with Crippen molar-refractivity contribution in [2.24, 2.45) is 0 Å². The number of halogens is 1. The number of benzene rings is 2. The number of amides is 1. The second-order valence-electron chi connectivity index (χ2n) is 8.06. The number of carbonyl (C=O) groups excluding carboxylic acids is 1. The number of nitrogens with zero attached hydrogens (tertiary/aromatic N) is 2. The van der Waals surface area contributed by atoms with Crippen LogP contribution in [0.4, 0.5) is 0 Å². The van der Waals surface area contributed by atoms with Gasteiger partial charge in [0.15, 0.2) is 0 Å². The summed E-state index contributed by atoms with van der Waals surface area (Å²) in [6.07, 6.45) is 4.91. The highest BCUT2D eigenvalue weighted by Crippen LogP contribution is 2.33. The second kappa shape index (κ2) is 9.20. The maximum atomic E-state index is 12.9. The van der Waals surface area contributed by atoms with Gasteiger partial charge >= 0.3 is 0 Å². The highest BCUT2D eigenvalue weighted by atomic mass is 79.9. The highest BCUT2D eigenvalue weighted by molar-refractivity contribution is 9.10. The molecule has 4 rings (SSSR count). The van der Waals surface area contributed by atoms with Crippen LogP contribution in [0.25, 0.3) is 0 Å². The number of carbonyl (C=O) groups is 1. The monoisotopic (exact) mass is 490 g/mol. The first-order chi connectivity index (χ1) is 14.4. The molecule has 0 saturated carbocycles. The fraction of sp³-hybridized carbons (Fsp3) is 0.435. The van der Waals surface area contributed by atoms with Gasteiger partial charge in [-0.05, 0) is 67.5 Å². The fourth-order valence-electron chi connectivity index (χ4n) is 4.43. The Labute approximate surface area is 187 Å². The highest BCUT2D eigenvalue weighted by Gasteiger charge is 2.30. The van der Waals surface area contributed by atoms with Crippen LogP contribution in [0.2, 0.25) is 0 Å². The first kappa shape index (κ1) is 21.5. The summed E-state index contributed by atoms with van der Waals surface area (Å²) in [5, 5.41) is 0. The van der Waals surface area contributed by atoms with E-state index in [1.807, 2.05) is 29.2 Å². The number of aryl methyl sites for hydroxylation is 1. The van der Waals surface area contributed by atoms with Crippen LogP contribution in [0.3, 0.4) is 0 Å². The standard InChI is InChI=1S/C23H27BrN2O3S/c24-20-6-3-5-19(17-20)22-7-4-16-26(22)23(27)13-10-18-8-11-21(12-9-18)30(28,29)25-14-1-2-15-25/h3,5-6,8-9,11-12,17,22H,1-2,4,7,10,13-16H2. The molecule has 160 valence electrons. The molecule has 1 atom stereocenters. The van der Waals surface area contributed by atoms with Crippen molar-refractivity contribution in [2.45, 2.75) is 49.5 Å². The van der Waals surface area contributed by atoms with Crippen molar-refractivity contribution in [3.8, 4) is 0 Å². The van der Waals surface area contributed by atoms with Gasteiger partial charge in [0.1, 0.15) is 0 Å². The van der Waals surface area contributed by atoms with E-state index >= 15 is 0 Å². The van der Waals surface area contributed by atoms with Gasteiger partial charge in [-0.25, -0.2) is 8.42 Å². The molecule has 0 N–H and O–H groups in total. The molecule has 0 radical (unpaired) electrons. The molecule has 2 fully saturated rings. The number of likely N-dealkylation sites (tertiary alicyclic amines) is 1. The molecule has 2 saturated heterocycles. The summed E-state index contributed by atoms with van der Waals surface area (Å²) < 4.78 is 27.9. The van der Waals surface area contributed by atoms with E-state index in [1.165, 1.54) is 5.56 Å². The lowest BCUT2D eigenvalue weighted by Crippen LogP contribution is -2.30. The third kappa shape index (κ3) is 4.63. The van der Waals surface area contributed by atoms with Crippen molar-refractivity contribution in [1.29, 1.82) is 0 Å². The van der Waals surface area contributed by atoms with Crippen LogP contribution in [-0.2, 0) is 21.2 Å². The lowest BCUT2D eigenvalue weighted by molar-refractivity contribution is -0.132. The van der Waals surface area contributed by atoms with Crippen molar-refractivity contribution in [3.05, 3.63) is 64.1 Å².